The lowest BCUT2D eigenvalue weighted by Gasteiger charge is -2.33. The van der Waals surface area contributed by atoms with E-state index in [2.05, 4.69) is 43.3 Å². The van der Waals surface area contributed by atoms with Gasteiger partial charge in [-0.1, -0.05) is 73.7 Å². The van der Waals surface area contributed by atoms with Crippen molar-refractivity contribution in [2.24, 2.45) is 5.41 Å². The Labute approximate surface area is 166 Å². The quantitative estimate of drug-likeness (QED) is 0.631. The van der Waals surface area contributed by atoms with Crippen LogP contribution < -0.4 is 0 Å². The zero-order chi connectivity index (χ0) is 19.6. The smallest absolute Gasteiger partial charge is 0.264 e. The Balaban J connectivity index is 1.57. The number of aryl methyl sites for hydroxylation is 1. The van der Waals surface area contributed by atoms with Crippen LogP contribution in [0.25, 0.3) is 10.8 Å². The number of hydrogen-bond acceptors (Lipinski definition) is 2. The molecule has 3 aromatic rings. The second-order valence-corrected chi connectivity index (χ2v) is 10.2. The summed E-state index contributed by atoms with van der Waals surface area (Å²) in [5, 5.41) is 2.41. The Morgan fingerprint density at radius 1 is 0.929 bits per heavy atom. The van der Waals surface area contributed by atoms with E-state index in [1.165, 1.54) is 16.3 Å². The molecule has 2 unspecified atom stereocenters. The monoisotopic (exact) mass is 389 g/mol. The van der Waals surface area contributed by atoms with Crippen molar-refractivity contribution in [1.29, 1.82) is 0 Å². The summed E-state index contributed by atoms with van der Waals surface area (Å²) in [4.78, 5) is 0.387. The van der Waals surface area contributed by atoms with Crippen LogP contribution in [0.1, 0.15) is 24.5 Å². The van der Waals surface area contributed by atoms with E-state index >= 15 is 0 Å². The summed E-state index contributed by atoms with van der Waals surface area (Å²) in [5.41, 5.74) is 1.84. The van der Waals surface area contributed by atoms with Crippen LogP contribution in [0, 0.1) is 12.3 Å². The summed E-state index contributed by atoms with van der Waals surface area (Å²) in [7, 11) is -3.57. The minimum absolute atomic E-state index is 0.00715. The van der Waals surface area contributed by atoms with Crippen molar-refractivity contribution in [2.45, 2.75) is 30.6 Å². The van der Waals surface area contributed by atoms with Gasteiger partial charge in [0, 0.05) is 18.2 Å². The predicted octanol–water partition coefficient (Wildman–Crippen LogP) is 5.01. The Morgan fingerprint density at radius 3 is 2.43 bits per heavy atom. The second kappa shape index (κ2) is 5.71. The molecule has 1 heterocycles. The van der Waals surface area contributed by atoms with Gasteiger partial charge in [0.15, 0.2) is 0 Å². The van der Waals surface area contributed by atoms with E-state index < -0.39 is 10.0 Å². The van der Waals surface area contributed by atoms with Crippen molar-refractivity contribution < 1.29 is 8.42 Å². The lowest BCUT2D eigenvalue weighted by atomic mass is 9.84. The van der Waals surface area contributed by atoms with Crippen LogP contribution in [0.5, 0.6) is 0 Å². The summed E-state index contributed by atoms with van der Waals surface area (Å²) in [6.45, 7) is 4.56. The van der Waals surface area contributed by atoms with Gasteiger partial charge < -0.3 is 0 Å². The molecule has 0 spiro atoms. The highest BCUT2D eigenvalue weighted by molar-refractivity contribution is 7.89. The third-order valence-corrected chi connectivity index (χ3v) is 8.54. The average Bonchev–Trinajstić information content (AvgIpc) is 3.34. The molecular formula is C24H23NO2S. The molecule has 1 saturated carbocycles. The molecule has 28 heavy (non-hydrogen) atoms. The van der Waals surface area contributed by atoms with Crippen molar-refractivity contribution >= 4 is 20.8 Å². The fraction of sp³-hybridized carbons (Fsp3) is 0.250. The van der Waals surface area contributed by atoms with E-state index in [1.54, 1.807) is 22.6 Å². The van der Waals surface area contributed by atoms with Gasteiger partial charge in [-0.25, -0.2) is 8.42 Å². The molecular weight excluding hydrogens is 366 g/mol. The maximum absolute atomic E-state index is 13.3. The first-order chi connectivity index (χ1) is 13.4. The number of fused-ring (bicyclic) bond motifs is 2. The summed E-state index contributed by atoms with van der Waals surface area (Å²) >= 11 is 0. The van der Waals surface area contributed by atoms with Gasteiger partial charge in [-0.15, -0.1) is 0 Å². The zero-order valence-electron chi connectivity index (χ0n) is 16.1. The van der Waals surface area contributed by atoms with Gasteiger partial charge in [-0.3, -0.25) is 4.31 Å². The first-order valence-electron chi connectivity index (χ1n) is 9.62. The SMILES string of the molecule is Cc1ccccc1S(=O)(=O)N1C=CC2(C)CC2(c2ccc3ccccc3c2)C1. The molecule has 0 saturated heterocycles. The molecule has 0 N–H and O–H groups in total. The highest BCUT2D eigenvalue weighted by Gasteiger charge is 2.66. The zero-order valence-corrected chi connectivity index (χ0v) is 16.9. The minimum Gasteiger partial charge on any atom is -0.273 e. The first kappa shape index (κ1) is 17.5. The standard InChI is InChI=1S/C24H23NO2S/c1-18-7-3-6-10-22(18)28(26,27)25-14-13-23(2)16-24(23,17-25)21-12-11-19-8-4-5-9-20(19)15-21/h3-15H,16-17H2,1-2H3. The van der Waals surface area contributed by atoms with Crippen molar-refractivity contribution in [2.75, 3.05) is 6.54 Å². The van der Waals surface area contributed by atoms with Crippen LogP contribution in [-0.4, -0.2) is 19.3 Å². The van der Waals surface area contributed by atoms with Gasteiger partial charge >= 0.3 is 0 Å². The summed E-state index contributed by atoms with van der Waals surface area (Å²) in [6.07, 6.45) is 4.82. The maximum atomic E-state index is 13.3. The lowest BCUT2D eigenvalue weighted by molar-refractivity contribution is 0.392. The van der Waals surface area contributed by atoms with Gasteiger partial charge in [0.1, 0.15) is 0 Å². The Bertz CT molecular complexity index is 1230. The number of hydrogen-bond donors (Lipinski definition) is 0. The van der Waals surface area contributed by atoms with Crippen LogP contribution in [0.4, 0.5) is 0 Å². The normalized spacial score (nSPS) is 26.3. The molecule has 0 bridgehead atoms. The van der Waals surface area contributed by atoms with Crippen molar-refractivity contribution in [1.82, 2.24) is 4.31 Å². The molecule has 3 nitrogen and oxygen atoms in total. The molecule has 4 heteroatoms. The van der Waals surface area contributed by atoms with Crippen LogP contribution in [0.15, 0.2) is 83.9 Å². The van der Waals surface area contributed by atoms with Gasteiger partial charge in [-0.2, -0.15) is 0 Å². The fourth-order valence-corrected chi connectivity index (χ4v) is 6.34. The molecule has 2 aliphatic rings. The third kappa shape index (κ3) is 2.37. The van der Waals surface area contributed by atoms with Crippen LogP contribution in [0.2, 0.25) is 0 Å². The highest BCUT2D eigenvalue weighted by Crippen LogP contribution is 2.67. The molecule has 1 aliphatic carbocycles. The Hall–Kier alpha value is -2.59. The topological polar surface area (TPSA) is 37.4 Å². The molecule has 0 amide bonds. The van der Waals surface area contributed by atoms with E-state index in [9.17, 15) is 8.42 Å². The van der Waals surface area contributed by atoms with Crippen molar-refractivity contribution in [3.8, 4) is 0 Å². The van der Waals surface area contributed by atoms with Gasteiger partial charge in [0.25, 0.3) is 10.0 Å². The van der Waals surface area contributed by atoms with Crippen LogP contribution in [-0.2, 0) is 15.4 Å². The fourth-order valence-electron chi connectivity index (χ4n) is 4.75. The highest BCUT2D eigenvalue weighted by atomic mass is 32.2. The van der Waals surface area contributed by atoms with E-state index in [4.69, 9.17) is 0 Å². The van der Waals surface area contributed by atoms with Gasteiger partial charge in [0.05, 0.1) is 4.90 Å². The molecule has 1 fully saturated rings. The molecule has 142 valence electrons. The molecule has 1 aliphatic heterocycles. The number of sulfonamides is 1. The second-order valence-electron chi connectivity index (χ2n) is 8.37. The Morgan fingerprint density at radius 2 is 1.64 bits per heavy atom. The number of benzene rings is 3. The van der Waals surface area contributed by atoms with E-state index in [-0.39, 0.29) is 10.8 Å². The van der Waals surface area contributed by atoms with Gasteiger partial charge in [-0.05, 0) is 46.7 Å². The summed E-state index contributed by atoms with van der Waals surface area (Å²) in [5.74, 6) is 0. The van der Waals surface area contributed by atoms with E-state index in [1.807, 2.05) is 31.2 Å². The maximum Gasteiger partial charge on any atom is 0.264 e. The number of nitrogens with zero attached hydrogens (tertiary/aromatic N) is 1. The van der Waals surface area contributed by atoms with Crippen LogP contribution in [0.3, 0.4) is 0 Å². The minimum atomic E-state index is -3.57. The van der Waals surface area contributed by atoms with E-state index in [0.717, 1.165) is 12.0 Å². The molecule has 0 radical (unpaired) electrons. The third-order valence-electron chi connectivity index (χ3n) is 6.65. The number of allylic oxidation sites excluding steroid dienone is 1. The lowest BCUT2D eigenvalue weighted by Crippen LogP contribution is -2.39. The molecule has 5 rings (SSSR count). The average molecular weight is 390 g/mol. The molecule has 0 aromatic heterocycles. The summed E-state index contributed by atoms with van der Waals surface area (Å²) < 4.78 is 28.2. The van der Waals surface area contributed by atoms with Crippen molar-refractivity contribution in [3.05, 3.63) is 90.1 Å². The van der Waals surface area contributed by atoms with Gasteiger partial charge in [0.2, 0.25) is 0 Å². The largest absolute Gasteiger partial charge is 0.273 e. The van der Waals surface area contributed by atoms with Crippen LogP contribution >= 0.6 is 0 Å². The predicted molar refractivity (Wildman–Crippen MR) is 113 cm³/mol. The first-order valence-corrected chi connectivity index (χ1v) is 11.1. The summed E-state index contributed by atoms with van der Waals surface area (Å²) in [6, 6.07) is 22.1. The molecule has 3 aromatic carbocycles. The molecule has 2 atom stereocenters. The number of rotatable bonds is 3. The Kier molecular flexibility index (Phi) is 3.57. The van der Waals surface area contributed by atoms with Crippen molar-refractivity contribution in [3.63, 3.8) is 0 Å². The van der Waals surface area contributed by atoms with E-state index in [0.29, 0.717) is 11.4 Å².